The van der Waals surface area contributed by atoms with Gasteiger partial charge in [0.15, 0.2) is 0 Å². The standard InChI is InChI=1S/C21H27N3O6S2/c1-4-23(5-2)17-9-7-16(8-10-17)22-32(28,29)20-15-18(11-12-19(20)30-6-3)24-21(25)13-14-31(24,26)27/h7-12,15,22H,4-6,13-14H2,1-3H3. The summed E-state index contributed by atoms with van der Waals surface area (Å²) in [4.78, 5) is 14.0. The van der Waals surface area contributed by atoms with Gasteiger partial charge in [0.05, 0.1) is 18.0 Å². The highest BCUT2D eigenvalue weighted by molar-refractivity contribution is 7.94. The molecule has 1 heterocycles. The van der Waals surface area contributed by atoms with Gasteiger partial charge in [-0.2, -0.15) is 0 Å². The average molecular weight is 482 g/mol. The van der Waals surface area contributed by atoms with Crippen LogP contribution < -0.4 is 18.7 Å². The lowest BCUT2D eigenvalue weighted by Crippen LogP contribution is -2.29. The van der Waals surface area contributed by atoms with Crippen molar-refractivity contribution >= 4 is 43.0 Å². The molecule has 1 N–H and O–H groups in total. The highest BCUT2D eigenvalue weighted by Crippen LogP contribution is 2.34. The monoisotopic (exact) mass is 481 g/mol. The molecule has 1 aliphatic rings. The largest absolute Gasteiger partial charge is 0.492 e. The van der Waals surface area contributed by atoms with Gasteiger partial charge in [-0.1, -0.05) is 0 Å². The molecule has 1 amide bonds. The third-order valence-electron chi connectivity index (χ3n) is 5.08. The number of carbonyl (C=O) groups is 1. The van der Waals surface area contributed by atoms with Crippen molar-refractivity contribution in [1.82, 2.24) is 0 Å². The zero-order valence-corrected chi connectivity index (χ0v) is 19.9. The van der Waals surface area contributed by atoms with Crippen molar-refractivity contribution in [1.29, 1.82) is 0 Å². The molecule has 0 bridgehead atoms. The van der Waals surface area contributed by atoms with Crippen LogP contribution in [0.1, 0.15) is 27.2 Å². The van der Waals surface area contributed by atoms with Crippen LogP contribution >= 0.6 is 0 Å². The van der Waals surface area contributed by atoms with Crippen LogP contribution in [0, 0.1) is 0 Å². The number of sulfonamides is 2. The first-order chi connectivity index (χ1) is 15.1. The molecule has 0 saturated carbocycles. The molecule has 2 aromatic carbocycles. The topological polar surface area (TPSA) is 113 Å². The lowest BCUT2D eigenvalue weighted by atomic mass is 10.2. The minimum atomic E-state index is -4.14. The first kappa shape index (κ1) is 23.9. The molecule has 0 radical (unpaired) electrons. The van der Waals surface area contributed by atoms with Gasteiger partial charge in [-0.3, -0.25) is 9.52 Å². The lowest BCUT2D eigenvalue weighted by molar-refractivity contribution is -0.116. The van der Waals surface area contributed by atoms with Crippen LogP contribution in [0.2, 0.25) is 0 Å². The van der Waals surface area contributed by atoms with E-state index in [9.17, 15) is 21.6 Å². The fourth-order valence-corrected chi connectivity index (χ4v) is 6.19. The van der Waals surface area contributed by atoms with Gasteiger partial charge in [-0.15, -0.1) is 0 Å². The van der Waals surface area contributed by atoms with Crippen LogP contribution in [-0.4, -0.2) is 48.2 Å². The third kappa shape index (κ3) is 4.83. The Bertz CT molecular complexity index is 1190. The van der Waals surface area contributed by atoms with E-state index >= 15 is 0 Å². The van der Waals surface area contributed by atoms with E-state index in [2.05, 4.69) is 9.62 Å². The molecule has 0 aromatic heterocycles. The Hall–Kier alpha value is -2.79. The number of carbonyl (C=O) groups excluding carboxylic acids is 1. The molecule has 0 atom stereocenters. The van der Waals surface area contributed by atoms with Gasteiger partial charge in [0.1, 0.15) is 10.6 Å². The van der Waals surface area contributed by atoms with Gasteiger partial charge in [0.25, 0.3) is 10.0 Å². The predicted molar refractivity (Wildman–Crippen MR) is 124 cm³/mol. The highest BCUT2D eigenvalue weighted by atomic mass is 32.2. The van der Waals surface area contributed by atoms with Crippen molar-refractivity contribution < 1.29 is 26.4 Å². The Morgan fingerprint density at radius 3 is 2.25 bits per heavy atom. The zero-order chi connectivity index (χ0) is 23.5. The Balaban J connectivity index is 1.98. The maximum atomic E-state index is 13.2. The van der Waals surface area contributed by atoms with E-state index < -0.39 is 26.0 Å². The molecular formula is C21H27N3O6S2. The molecular weight excluding hydrogens is 454 g/mol. The van der Waals surface area contributed by atoms with Gasteiger partial charge >= 0.3 is 0 Å². The van der Waals surface area contributed by atoms with Crippen LogP contribution in [0.5, 0.6) is 5.75 Å². The summed E-state index contributed by atoms with van der Waals surface area (Å²) < 4.78 is 59.5. The van der Waals surface area contributed by atoms with Crippen molar-refractivity contribution in [2.24, 2.45) is 0 Å². The smallest absolute Gasteiger partial charge is 0.265 e. The molecule has 3 rings (SSSR count). The summed E-state index contributed by atoms with van der Waals surface area (Å²) in [6.07, 6.45) is -0.144. The number of nitrogens with zero attached hydrogens (tertiary/aromatic N) is 2. The van der Waals surface area contributed by atoms with Gasteiger partial charge in [-0.25, -0.2) is 21.1 Å². The van der Waals surface area contributed by atoms with Crippen LogP contribution in [0.15, 0.2) is 47.4 Å². The average Bonchev–Trinajstić information content (AvgIpc) is 3.03. The lowest BCUT2D eigenvalue weighted by Gasteiger charge is -2.21. The molecule has 0 spiro atoms. The predicted octanol–water partition coefficient (Wildman–Crippen LogP) is 2.80. The Morgan fingerprint density at radius 1 is 1.06 bits per heavy atom. The number of benzene rings is 2. The Morgan fingerprint density at radius 2 is 1.72 bits per heavy atom. The van der Waals surface area contributed by atoms with E-state index in [-0.39, 0.29) is 35.1 Å². The molecule has 11 heteroatoms. The molecule has 174 valence electrons. The number of nitrogens with one attached hydrogen (secondary N) is 1. The van der Waals surface area contributed by atoms with Crippen molar-refractivity contribution in [2.45, 2.75) is 32.1 Å². The van der Waals surface area contributed by atoms with Crippen molar-refractivity contribution in [3.8, 4) is 5.75 Å². The summed E-state index contributed by atoms with van der Waals surface area (Å²) in [7, 11) is -7.97. The minimum Gasteiger partial charge on any atom is -0.492 e. The second kappa shape index (κ2) is 9.37. The molecule has 32 heavy (non-hydrogen) atoms. The number of amides is 1. The first-order valence-corrected chi connectivity index (χ1v) is 13.4. The summed E-state index contributed by atoms with van der Waals surface area (Å²) in [6.45, 7) is 7.63. The number of ether oxygens (including phenoxy) is 1. The zero-order valence-electron chi connectivity index (χ0n) is 18.2. The molecule has 2 aromatic rings. The quantitative estimate of drug-likeness (QED) is 0.586. The van der Waals surface area contributed by atoms with E-state index in [1.165, 1.54) is 12.1 Å². The fourth-order valence-electron chi connectivity index (χ4n) is 3.52. The second-order valence-corrected chi connectivity index (χ2v) is 10.7. The Kier molecular flexibility index (Phi) is 6.99. The number of hydrogen-bond donors (Lipinski definition) is 1. The molecule has 1 aliphatic heterocycles. The first-order valence-electron chi connectivity index (χ1n) is 10.3. The van der Waals surface area contributed by atoms with E-state index in [1.807, 2.05) is 26.0 Å². The maximum absolute atomic E-state index is 13.2. The second-order valence-electron chi connectivity index (χ2n) is 7.11. The van der Waals surface area contributed by atoms with Gasteiger partial charge in [-0.05, 0) is 63.2 Å². The number of rotatable bonds is 9. The summed E-state index contributed by atoms with van der Waals surface area (Å²) in [6, 6.07) is 10.8. The number of anilines is 3. The van der Waals surface area contributed by atoms with Gasteiger partial charge in [0, 0.05) is 30.9 Å². The summed E-state index contributed by atoms with van der Waals surface area (Å²) in [5, 5.41) is 0. The van der Waals surface area contributed by atoms with E-state index in [0.29, 0.717) is 9.99 Å². The third-order valence-corrected chi connectivity index (χ3v) is 8.17. The van der Waals surface area contributed by atoms with Gasteiger partial charge in [0.2, 0.25) is 15.9 Å². The van der Waals surface area contributed by atoms with Crippen molar-refractivity contribution in [3.63, 3.8) is 0 Å². The summed E-state index contributed by atoms with van der Waals surface area (Å²) >= 11 is 0. The molecule has 0 aliphatic carbocycles. The molecule has 9 nitrogen and oxygen atoms in total. The van der Waals surface area contributed by atoms with Gasteiger partial charge < -0.3 is 9.64 Å². The van der Waals surface area contributed by atoms with Crippen LogP contribution in [-0.2, 0) is 24.8 Å². The van der Waals surface area contributed by atoms with E-state index in [4.69, 9.17) is 4.74 Å². The highest BCUT2D eigenvalue weighted by Gasteiger charge is 2.37. The summed E-state index contributed by atoms with van der Waals surface area (Å²) in [5.74, 6) is -0.844. The minimum absolute atomic E-state index is 0.0341. The summed E-state index contributed by atoms with van der Waals surface area (Å²) in [5.41, 5.74) is 1.28. The molecule has 1 fully saturated rings. The van der Waals surface area contributed by atoms with E-state index in [0.717, 1.165) is 24.8 Å². The maximum Gasteiger partial charge on any atom is 0.265 e. The van der Waals surface area contributed by atoms with Crippen LogP contribution in [0.3, 0.4) is 0 Å². The SMILES string of the molecule is CCOc1ccc(N2C(=O)CCS2(=O)=O)cc1S(=O)(=O)Nc1ccc(N(CC)CC)cc1. The number of hydrogen-bond acceptors (Lipinski definition) is 7. The van der Waals surface area contributed by atoms with E-state index in [1.54, 1.807) is 19.1 Å². The molecule has 1 saturated heterocycles. The van der Waals surface area contributed by atoms with Crippen LogP contribution in [0.25, 0.3) is 0 Å². The van der Waals surface area contributed by atoms with Crippen molar-refractivity contribution in [2.75, 3.05) is 39.4 Å². The van der Waals surface area contributed by atoms with Crippen LogP contribution in [0.4, 0.5) is 17.1 Å². The fraction of sp³-hybridized carbons (Fsp3) is 0.381. The Labute approximate surface area is 189 Å². The molecule has 0 unspecified atom stereocenters. The van der Waals surface area contributed by atoms with Crippen molar-refractivity contribution in [3.05, 3.63) is 42.5 Å². The normalized spacial score (nSPS) is 15.6.